The second-order valence-corrected chi connectivity index (χ2v) is 5.00. The Labute approximate surface area is 115 Å². The minimum Gasteiger partial charge on any atom is -0.444 e. The number of oxime groups is 1. The van der Waals surface area contributed by atoms with Gasteiger partial charge in [0.25, 0.3) is 0 Å². The van der Waals surface area contributed by atoms with Crippen molar-refractivity contribution < 1.29 is 23.5 Å². The smallest absolute Gasteiger partial charge is 0.407 e. The average molecular weight is 286 g/mol. The number of benzene rings is 1. The Balaban J connectivity index is 2.78. The number of amides is 1. The number of ether oxygens (including phenoxy) is 1. The van der Waals surface area contributed by atoms with Gasteiger partial charge in [-0.1, -0.05) is 11.2 Å². The van der Waals surface area contributed by atoms with Crippen LogP contribution in [0.1, 0.15) is 26.3 Å². The summed E-state index contributed by atoms with van der Waals surface area (Å²) in [6, 6.07) is 3.23. The van der Waals surface area contributed by atoms with Gasteiger partial charge in [-0.25, -0.2) is 13.6 Å². The fourth-order valence-corrected chi connectivity index (χ4v) is 1.42. The molecule has 1 rings (SSSR count). The summed E-state index contributed by atoms with van der Waals surface area (Å²) in [5, 5.41) is 13.9. The lowest BCUT2D eigenvalue weighted by molar-refractivity contribution is 0.0536. The predicted molar refractivity (Wildman–Crippen MR) is 68.9 cm³/mol. The molecule has 0 saturated carbocycles. The molecular formula is C13H16F2N2O3. The average Bonchev–Trinajstić information content (AvgIpc) is 2.30. The van der Waals surface area contributed by atoms with E-state index in [0.29, 0.717) is 0 Å². The summed E-state index contributed by atoms with van der Waals surface area (Å²) in [6.45, 7) is 4.64. The van der Waals surface area contributed by atoms with Crippen molar-refractivity contribution in [2.75, 3.05) is 6.54 Å². The van der Waals surface area contributed by atoms with Crippen molar-refractivity contribution in [1.29, 1.82) is 0 Å². The number of nitrogens with zero attached hydrogens (tertiary/aromatic N) is 1. The largest absolute Gasteiger partial charge is 0.444 e. The van der Waals surface area contributed by atoms with E-state index in [0.717, 1.165) is 12.1 Å². The van der Waals surface area contributed by atoms with Gasteiger partial charge in [0.2, 0.25) is 0 Å². The number of carbonyl (C=O) groups is 1. The fourth-order valence-electron chi connectivity index (χ4n) is 1.42. The van der Waals surface area contributed by atoms with Crippen LogP contribution in [0.5, 0.6) is 0 Å². The quantitative estimate of drug-likeness (QED) is 0.510. The second-order valence-electron chi connectivity index (χ2n) is 5.00. The van der Waals surface area contributed by atoms with E-state index in [4.69, 9.17) is 9.94 Å². The van der Waals surface area contributed by atoms with Crippen LogP contribution in [0.3, 0.4) is 0 Å². The minimum atomic E-state index is -0.885. The van der Waals surface area contributed by atoms with Crippen LogP contribution in [-0.4, -0.2) is 29.2 Å². The number of hydrogen-bond acceptors (Lipinski definition) is 4. The van der Waals surface area contributed by atoms with Crippen LogP contribution in [0.2, 0.25) is 0 Å². The molecule has 0 fully saturated rings. The van der Waals surface area contributed by atoms with Crippen LogP contribution in [0.25, 0.3) is 0 Å². The van der Waals surface area contributed by atoms with Gasteiger partial charge in [-0.05, 0) is 32.9 Å². The number of halogens is 2. The number of nitrogens with one attached hydrogen (secondary N) is 1. The molecule has 0 unspecified atom stereocenters. The molecule has 5 nitrogen and oxygen atoms in total. The van der Waals surface area contributed by atoms with E-state index in [1.165, 1.54) is 6.07 Å². The summed E-state index contributed by atoms with van der Waals surface area (Å²) in [7, 11) is 0. The SMILES string of the molecule is CC(C)(C)OC(=O)NC/C(=N/O)c1c(F)cccc1F. The molecule has 110 valence electrons. The molecule has 1 aromatic carbocycles. The number of alkyl carbamates (subject to hydrolysis) is 1. The Hall–Kier alpha value is -2.18. The van der Waals surface area contributed by atoms with E-state index in [2.05, 4.69) is 10.5 Å². The van der Waals surface area contributed by atoms with Gasteiger partial charge in [0, 0.05) is 0 Å². The van der Waals surface area contributed by atoms with Crippen molar-refractivity contribution in [1.82, 2.24) is 5.32 Å². The molecule has 0 aliphatic rings. The summed E-state index contributed by atoms with van der Waals surface area (Å²) in [5.74, 6) is -1.77. The maximum atomic E-state index is 13.5. The van der Waals surface area contributed by atoms with Crippen molar-refractivity contribution in [3.63, 3.8) is 0 Å². The first-order valence-corrected chi connectivity index (χ1v) is 5.87. The summed E-state index contributed by atoms with van der Waals surface area (Å²) in [5.41, 5.74) is -1.54. The van der Waals surface area contributed by atoms with Crippen LogP contribution < -0.4 is 5.32 Å². The molecule has 0 aromatic heterocycles. The molecule has 20 heavy (non-hydrogen) atoms. The summed E-state index contributed by atoms with van der Waals surface area (Å²) < 4.78 is 32.0. The van der Waals surface area contributed by atoms with Gasteiger partial charge < -0.3 is 15.3 Å². The van der Waals surface area contributed by atoms with Gasteiger partial charge in [-0.15, -0.1) is 0 Å². The van der Waals surface area contributed by atoms with E-state index < -0.39 is 28.9 Å². The van der Waals surface area contributed by atoms with Crippen molar-refractivity contribution in [3.05, 3.63) is 35.4 Å². The van der Waals surface area contributed by atoms with E-state index in [1.807, 2.05) is 0 Å². The highest BCUT2D eigenvalue weighted by atomic mass is 19.1. The summed E-state index contributed by atoms with van der Waals surface area (Å²) in [4.78, 5) is 11.4. The third-order valence-corrected chi connectivity index (χ3v) is 2.17. The Kier molecular flexibility index (Phi) is 5.01. The van der Waals surface area contributed by atoms with E-state index in [1.54, 1.807) is 20.8 Å². The first kappa shape index (κ1) is 15.9. The van der Waals surface area contributed by atoms with Gasteiger partial charge >= 0.3 is 6.09 Å². The summed E-state index contributed by atoms with van der Waals surface area (Å²) >= 11 is 0. The molecule has 1 aromatic rings. The highest BCUT2D eigenvalue weighted by molar-refractivity contribution is 6.03. The maximum absolute atomic E-state index is 13.5. The molecule has 0 heterocycles. The van der Waals surface area contributed by atoms with E-state index in [9.17, 15) is 13.6 Å². The molecule has 2 N–H and O–H groups in total. The Morgan fingerprint density at radius 2 is 1.90 bits per heavy atom. The van der Waals surface area contributed by atoms with Gasteiger partial charge in [-0.3, -0.25) is 0 Å². The Morgan fingerprint density at radius 3 is 2.35 bits per heavy atom. The standard InChI is InChI=1S/C13H16F2N2O3/c1-13(2,3)20-12(18)16-7-10(17-19)11-8(14)5-4-6-9(11)15/h4-6,19H,7H2,1-3H3,(H,16,18)/b17-10-. The van der Waals surface area contributed by atoms with Crippen molar-refractivity contribution in [3.8, 4) is 0 Å². The maximum Gasteiger partial charge on any atom is 0.407 e. The molecule has 1 amide bonds. The molecule has 0 aliphatic heterocycles. The van der Waals surface area contributed by atoms with Crippen LogP contribution >= 0.6 is 0 Å². The Morgan fingerprint density at radius 1 is 1.35 bits per heavy atom. The highest BCUT2D eigenvalue weighted by Crippen LogP contribution is 2.13. The van der Waals surface area contributed by atoms with E-state index >= 15 is 0 Å². The molecule has 0 saturated heterocycles. The number of carbonyl (C=O) groups excluding carboxylic acids is 1. The topological polar surface area (TPSA) is 70.9 Å². The van der Waals surface area contributed by atoms with Gasteiger partial charge in [0.05, 0.1) is 12.1 Å². The zero-order valence-corrected chi connectivity index (χ0v) is 11.4. The van der Waals surface area contributed by atoms with Crippen molar-refractivity contribution >= 4 is 11.8 Å². The highest BCUT2D eigenvalue weighted by Gasteiger charge is 2.19. The third-order valence-electron chi connectivity index (χ3n) is 2.17. The molecule has 0 bridgehead atoms. The zero-order chi connectivity index (χ0) is 15.3. The molecule has 0 spiro atoms. The minimum absolute atomic E-state index is 0.341. The Bertz CT molecular complexity index is 505. The van der Waals surface area contributed by atoms with Gasteiger partial charge in [0.15, 0.2) is 0 Å². The van der Waals surface area contributed by atoms with Crippen LogP contribution in [0.15, 0.2) is 23.4 Å². The number of hydrogen-bond donors (Lipinski definition) is 2. The number of rotatable bonds is 3. The van der Waals surface area contributed by atoms with Gasteiger partial charge in [-0.2, -0.15) is 0 Å². The summed E-state index contributed by atoms with van der Waals surface area (Å²) in [6.07, 6.45) is -0.782. The lowest BCUT2D eigenvalue weighted by atomic mass is 10.1. The molecular weight excluding hydrogens is 270 g/mol. The van der Waals surface area contributed by atoms with Crippen molar-refractivity contribution in [2.24, 2.45) is 5.16 Å². The predicted octanol–water partition coefficient (Wildman–Crippen LogP) is 2.67. The van der Waals surface area contributed by atoms with Crippen LogP contribution in [0, 0.1) is 11.6 Å². The van der Waals surface area contributed by atoms with Gasteiger partial charge in [0.1, 0.15) is 22.9 Å². The molecule has 0 radical (unpaired) electrons. The second kappa shape index (κ2) is 6.31. The lowest BCUT2D eigenvalue weighted by Gasteiger charge is -2.19. The van der Waals surface area contributed by atoms with Crippen molar-refractivity contribution in [2.45, 2.75) is 26.4 Å². The van der Waals surface area contributed by atoms with Crippen LogP contribution in [0.4, 0.5) is 13.6 Å². The first-order chi connectivity index (χ1) is 9.24. The first-order valence-electron chi connectivity index (χ1n) is 5.87. The fraction of sp³-hybridized carbons (Fsp3) is 0.385. The zero-order valence-electron chi connectivity index (χ0n) is 11.4. The molecule has 0 atom stereocenters. The van der Waals surface area contributed by atoms with Crippen LogP contribution in [-0.2, 0) is 4.74 Å². The third kappa shape index (κ3) is 4.49. The molecule has 7 heteroatoms. The van der Waals surface area contributed by atoms with E-state index in [-0.39, 0.29) is 12.3 Å². The normalized spacial score (nSPS) is 12.2. The lowest BCUT2D eigenvalue weighted by Crippen LogP contribution is -2.36. The molecule has 0 aliphatic carbocycles. The monoisotopic (exact) mass is 286 g/mol.